The Morgan fingerprint density at radius 1 is 0.392 bits per heavy atom. The van der Waals surface area contributed by atoms with Crippen molar-refractivity contribution in [1.82, 2.24) is 0 Å². The normalized spacial score (nSPS) is 11.9. The largest absolute Gasteiger partial charge is 0.462 e. The summed E-state index contributed by atoms with van der Waals surface area (Å²) in [6.07, 6.45) is 36.5. The molecule has 0 radical (unpaired) electrons. The number of carbonyl (C=O) groups excluding carboxylic acids is 3. The summed E-state index contributed by atoms with van der Waals surface area (Å²) in [5.41, 5.74) is 0. The summed E-state index contributed by atoms with van der Waals surface area (Å²) < 4.78 is 16.5. The Labute approximate surface area is 315 Å². The molecule has 7 heteroatoms. The standard InChI is InChI=1S/C44H84O7/c1-4-7-10-13-16-17-18-19-20-21-22-25-30-35-42(46)49-39-41(38-45)51-44(48)37-32-27-26-31-36-43(47)50-40(33-28-23-14-11-8-5-2)34-29-24-15-12-9-6-3/h40-41,45H,4-39H2,1-3H3/t41-/m1/s1. The van der Waals surface area contributed by atoms with Crippen molar-refractivity contribution in [2.75, 3.05) is 13.2 Å². The van der Waals surface area contributed by atoms with Crippen LogP contribution in [-0.2, 0) is 28.6 Å². The topological polar surface area (TPSA) is 99.1 Å². The van der Waals surface area contributed by atoms with E-state index in [1.165, 1.54) is 128 Å². The van der Waals surface area contributed by atoms with Crippen molar-refractivity contribution in [3.05, 3.63) is 0 Å². The molecule has 0 rings (SSSR count). The summed E-state index contributed by atoms with van der Waals surface area (Å²) in [7, 11) is 0. The van der Waals surface area contributed by atoms with Gasteiger partial charge in [0, 0.05) is 19.3 Å². The Morgan fingerprint density at radius 2 is 0.686 bits per heavy atom. The van der Waals surface area contributed by atoms with E-state index in [1.54, 1.807) is 0 Å². The van der Waals surface area contributed by atoms with Gasteiger partial charge in [-0.25, -0.2) is 0 Å². The molecule has 0 spiro atoms. The van der Waals surface area contributed by atoms with Crippen molar-refractivity contribution in [2.45, 2.75) is 251 Å². The number of rotatable bonds is 40. The van der Waals surface area contributed by atoms with Crippen molar-refractivity contribution in [3.8, 4) is 0 Å². The van der Waals surface area contributed by atoms with Gasteiger partial charge in [0.1, 0.15) is 12.7 Å². The first-order valence-electron chi connectivity index (χ1n) is 22.1. The fourth-order valence-electron chi connectivity index (χ4n) is 6.62. The maximum absolute atomic E-state index is 12.6. The lowest BCUT2D eigenvalue weighted by atomic mass is 10.0. The first-order valence-corrected chi connectivity index (χ1v) is 22.1. The van der Waals surface area contributed by atoms with E-state index in [0.717, 1.165) is 64.2 Å². The Bertz CT molecular complexity index is 755. The van der Waals surface area contributed by atoms with Gasteiger partial charge in [-0.2, -0.15) is 0 Å². The molecule has 0 aliphatic rings. The predicted molar refractivity (Wildman–Crippen MR) is 212 cm³/mol. The van der Waals surface area contributed by atoms with Crippen LogP contribution in [0.25, 0.3) is 0 Å². The molecule has 0 unspecified atom stereocenters. The monoisotopic (exact) mass is 725 g/mol. The molecule has 0 fully saturated rings. The first kappa shape index (κ1) is 49.4. The number of aliphatic hydroxyl groups excluding tert-OH is 1. The van der Waals surface area contributed by atoms with Gasteiger partial charge in [0.2, 0.25) is 0 Å². The van der Waals surface area contributed by atoms with E-state index in [4.69, 9.17) is 14.2 Å². The molecule has 0 aliphatic carbocycles. The molecule has 1 atom stereocenters. The lowest BCUT2D eigenvalue weighted by Gasteiger charge is -2.18. The van der Waals surface area contributed by atoms with Gasteiger partial charge in [-0.15, -0.1) is 0 Å². The van der Waals surface area contributed by atoms with Gasteiger partial charge in [-0.1, -0.05) is 175 Å². The van der Waals surface area contributed by atoms with Crippen LogP contribution in [0.4, 0.5) is 0 Å². The van der Waals surface area contributed by atoms with E-state index < -0.39 is 12.1 Å². The third-order valence-electron chi connectivity index (χ3n) is 9.99. The number of unbranched alkanes of at least 4 members (excludes halogenated alkanes) is 25. The van der Waals surface area contributed by atoms with Gasteiger partial charge in [0.05, 0.1) is 6.61 Å². The van der Waals surface area contributed by atoms with Crippen LogP contribution in [0.1, 0.15) is 239 Å². The van der Waals surface area contributed by atoms with E-state index in [1.807, 2.05) is 0 Å². The third-order valence-corrected chi connectivity index (χ3v) is 9.99. The minimum atomic E-state index is -0.830. The van der Waals surface area contributed by atoms with E-state index in [-0.39, 0.29) is 37.7 Å². The average Bonchev–Trinajstić information content (AvgIpc) is 3.12. The second-order valence-corrected chi connectivity index (χ2v) is 15.1. The van der Waals surface area contributed by atoms with Crippen molar-refractivity contribution in [1.29, 1.82) is 0 Å². The molecule has 0 saturated heterocycles. The Balaban J connectivity index is 3.98. The second-order valence-electron chi connectivity index (χ2n) is 15.1. The molecule has 0 saturated carbocycles. The average molecular weight is 725 g/mol. The summed E-state index contributed by atoms with van der Waals surface area (Å²) in [5, 5.41) is 9.61. The van der Waals surface area contributed by atoms with Crippen LogP contribution in [0, 0.1) is 0 Å². The molecule has 0 aromatic carbocycles. The molecule has 0 aromatic rings. The molecule has 302 valence electrons. The number of esters is 3. The Morgan fingerprint density at radius 3 is 1.04 bits per heavy atom. The van der Waals surface area contributed by atoms with Crippen molar-refractivity contribution >= 4 is 17.9 Å². The van der Waals surface area contributed by atoms with Gasteiger partial charge in [-0.05, 0) is 44.9 Å². The lowest BCUT2D eigenvalue weighted by molar-refractivity contribution is -0.161. The quantitative estimate of drug-likeness (QED) is 0.0381. The maximum atomic E-state index is 12.6. The van der Waals surface area contributed by atoms with Crippen LogP contribution < -0.4 is 0 Å². The number of aliphatic hydroxyl groups is 1. The van der Waals surface area contributed by atoms with Gasteiger partial charge in [0.25, 0.3) is 0 Å². The maximum Gasteiger partial charge on any atom is 0.306 e. The zero-order valence-corrected chi connectivity index (χ0v) is 34.0. The highest BCUT2D eigenvalue weighted by atomic mass is 16.6. The van der Waals surface area contributed by atoms with E-state index in [0.29, 0.717) is 19.3 Å². The summed E-state index contributed by atoms with van der Waals surface area (Å²) >= 11 is 0. The summed E-state index contributed by atoms with van der Waals surface area (Å²) in [6, 6.07) is 0. The second kappa shape index (κ2) is 39.6. The lowest BCUT2D eigenvalue weighted by Crippen LogP contribution is -2.28. The van der Waals surface area contributed by atoms with E-state index >= 15 is 0 Å². The molecule has 51 heavy (non-hydrogen) atoms. The van der Waals surface area contributed by atoms with Gasteiger partial charge >= 0.3 is 17.9 Å². The van der Waals surface area contributed by atoms with E-state index in [9.17, 15) is 19.5 Å². The van der Waals surface area contributed by atoms with Crippen LogP contribution in [0.3, 0.4) is 0 Å². The molecule has 0 bridgehead atoms. The number of carbonyl (C=O) groups is 3. The SMILES string of the molecule is CCCCCCCCCCCCCCCC(=O)OC[C@@H](CO)OC(=O)CCCCCCC(=O)OC(CCCCCCCC)CCCCCCCC. The first-order chi connectivity index (χ1) is 25.0. The van der Waals surface area contributed by atoms with Crippen molar-refractivity contribution < 1.29 is 33.7 Å². The highest BCUT2D eigenvalue weighted by Crippen LogP contribution is 2.19. The van der Waals surface area contributed by atoms with Crippen molar-refractivity contribution in [2.24, 2.45) is 0 Å². The Hall–Kier alpha value is -1.63. The number of hydrogen-bond acceptors (Lipinski definition) is 7. The molecule has 0 aromatic heterocycles. The predicted octanol–water partition coefficient (Wildman–Crippen LogP) is 12.7. The molecular formula is C44H84O7. The van der Waals surface area contributed by atoms with Crippen LogP contribution >= 0.6 is 0 Å². The molecule has 0 heterocycles. The molecule has 0 amide bonds. The van der Waals surface area contributed by atoms with Crippen LogP contribution in [-0.4, -0.2) is 48.4 Å². The zero-order chi connectivity index (χ0) is 37.5. The number of ether oxygens (including phenoxy) is 3. The summed E-state index contributed by atoms with van der Waals surface area (Å²) in [6.45, 7) is 6.24. The third kappa shape index (κ3) is 36.5. The summed E-state index contributed by atoms with van der Waals surface area (Å²) in [4.78, 5) is 37.1. The molecule has 1 N–H and O–H groups in total. The Kier molecular flexibility index (Phi) is 38.3. The van der Waals surface area contributed by atoms with Crippen LogP contribution in [0.2, 0.25) is 0 Å². The van der Waals surface area contributed by atoms with E-state index in [2.05, 4.69) is 20.8 Å². The summed E-state index contributed by atoms with van der Waals surface area (Å²) in [5.74, 6) is -0.790. The minimum absolute atomic E-state index is 0.0441. The fourth-order valence-corrected chi connectivity index (χ4v) is 6.62. The smallest absolute Gasteiger partial charge is 0.306 e. The van der Waals surface area contributed by atoms with Crippen molar-refractivity contribution in [3.63, 3.8) is 0 Å². The molecule has 7 nitrogen and oxygen atoms in total. The molecule has 0 aliphatic heterocycles. The fraction of sp³-hybridized carbons (Fsp3) is 0.932. The van der Waals surface area contributed by atoms with Gasteiger partial charge < -0.3 is 19.3 Å². The van der Waals surface area contributed by atoms with Crippen LogP contribution in [0.5, 0.6) is 0 Å². The van der Waals surface area contributed by atoms with Gasteiger partial charge in [0.15, 0.2) is 6.10 Å². The highest BCUT2D eigenvalue weighted by molar-refractivity contribution is 5.70. The number of hydrogen-bond donors (Lipinski definition) is 1. The zero-order valence-electron chi connectivity index (χ0n) is 34.0. The molecular weight excluding hydrogens is 640 g/mol. The van der Waals surface area contributed by atoms with Gasteiger partial charge in [-0.3, -0.25) is 14.4 Å². The van der Waals surface area contributed by atoms with Crippen LogP contribution in [0.15, 0.2) is 0 Å². The minimum Gasteiger partial charge on any atom is -0.462 e. The highest BCUT2D eigenvalue weighted by Gasteiger charge is 2.17.